The molecule has 0 atom stereocenters. The Bertz CT molecular complexity index is 4880. The number of sulfonamides is 8. The van der Waals surface area contributed by atoms with Crippen molar-refractivity contribution in [3.8, 4) is 22.3 Å². The molecule has 0 amide bonds. The van der Waals surface area contributed by atoms with Crippen molar-refractivity contribution in [1.29, 1.82) is 0 Å². The molecule has 28 heteroatoms. The smallest absolute Gasteiger partial charge is 0.206 e. The number of anilines is 2. The third-order valence-electron chi connectivity index (χ3n) is 17.2. The summed E-state index contributed by atoms with van der Waals surface area (Å²) in [5.41, 5.74) is 4.24. The molecule has 20 nitrogen and oxygen atoms in total. The Morgan fingerprint density at radius 2 is 0.373 bits per heavy atom. The van der Waals surface area contributed by atoms with E-state index in [0.717, 1.165) is 87.1 Å². The SMILES string of the molecule is CCCCCCCCN(S(=O)(=O)c1ccc(-c2ccc(-c3ccc(S(=O)(=O)N(CCCCCCCC)S(=O)(=O)c4ccc(N(S(=O)(=O)c5ccc(C)cc5)S(=O)(=O)c5ccc(C)cc5)cc4)cc3)cc2)cc1)S(=O)(=O)c1ccc(N(S(=O)(=O)c2ccc(C)cc2)S(=O)(=O)c2ccc(C)cc2)cc1. The highest BCUT2D eigenvalue weighted by Crippen LogP contribution is 2.38. The zero-order valence-electron chi connectivity index (χ0n) is 57.3. The summed E-state index contributed by atoms with van der Waals surface area (Å²) in [6.45, 7) is 10.1. The molecule has 9 aromatic carbocycles. The van der Waals surface area contributed by atoms with E-state index in [-0.39, 0.29) is 49.6 Å². The average Bonchev–Trinajstić information content (AvgIpc) is 0.749. The lowest BCUT2D eigenvalue weighted by molar-refractivity contribution is 0.477. The fourth-order valence-corrected chi connectivity index (χ4v) is 26.1. The maximum Gasteiger partial charge on any atom is 0.277 e. The van der Waals surface area contributed by atoms with Crippen LogP contribution in [0.25, 0.3) is 22.3 Å². The Morgan fingerprint density at radius 1 is 0.206 bits per heavy atom. The van der Waals surface area contributed by atoms with Crippen molar-refractivity contribution < 1.29 is 67.3 Å². The summed E-state index contributed by atoms with van der Waals surface area (Å²) in [5.74, 6) is 0. The molecule has 9 rings (SSSR count). The van der Waals surface area contributed by atoms with Crippen LogP contribution < -0.4 is 7.42 Å². The Morgan fingerprint density at radius 3 is 0.588 bits per heavy atom. The fourth-order valence-electron chi connectivity index (χ4n) is 11.3. The molecular formula is C74H82N4O16S8. The van der Waals surface area contributed by atoms with E-state index in [1.807, 2.05) is 13.8 Å². The van der Waals surface area contributed by atoms with Gasteiger partial charge < -0.3 is 0 Å². The summed E-state index contributed by atoms with van der Waals surface area (Å²) in [7, 11) is -39.2. The zero-order valence-corrected chi connectivity index (χ0v) is 63.8. The van der Waals surface area contributed by atoms with Gasteiger partial charge in [0.2, 0.25) is 0 Å². The van der Waals surface area contributed by atoms with Gasteiger partial charge in [-0.15, -0.1) is 0 Å². The second-order valence-electron chi connectivity index (χ2n) is 24.8. The quantitative estimate of drug-likeness (QED) is 0.0339. The van der Waals surface area contributed by atoms with Gasteiger partial charge in [0, 0.05) is 13.1 Å². The van der Waals surface area contributed by atoms with Crippen molar-refractivity contribution in [3.63, 3.8) is 0 Å². The Labute approximate surface area is 602 Å². The van der Waals surface area contributed by atoms with Crippen molar-refractivity contribution in [1.82, 2.24) is 7.42 Å². The molecular weight excluding hydrogens is 1460 g/mol. The lowest BCUT2D eigenvalue weighted by Gasteiger charge is -2.25. The third-order valence-corrected chi connectivity index (χ3v) is 34.3. The topological polar surface area (TPSA) is 286 Å². The summed E-state index contributed by atoms with van der Waals surface area (Å²) < 4.78 is 234. The first kappa shape index (κ1) is 78.2. The summed E-state index contributed by atoms with van der Waals surface area (Å²) in [4.78, 5) is -3.24. The van der Waals surface area contributed by atoms with Gasteiger partial charge in [-0.05, 0) is 184 Å². The van der Waals surface area contributed by atoms with Gasteiger partial charge >= 0.3 is 0 Å². The molecule has 102 heavy (non-hydrogen) atoms. The van der Waals surface area contributed by atoms with E-state index < -0.39 is 114 Å². The molecule has 0 fully saturated rings. The Balaban J connectivity index is 0.963. The van der Waals surface area contributed by atoms with Gasteiger partial charge in [-0.1, -0.05) is 205 Å². The molecule has 0 aromatic heterocycles. The molecule has 0 radical (unpaired) electrons. The van der Waals surface area contributed by atoms with Gasteiger partial charge in [0.25, 0.3) is 80.2 Å². The monoisotopic (exact) mass is 1540 g/mol. The summed E-state index contributed by atoms with van der Waals surface area (Å²) in [6.07, 6.45) is 8.21. The first-order valence-electron chi connectivity index (χ1n) is 33.1. The lowest BCUT2D eigenvalue weighted by Crippen LogP contribution is -2.38. The Hall–Kier alpha value is -7.90. The largest absolute Gasteiger partial charge is 0.277 e. The second kappa shape index (κ2) is 32.4. The fraction of sp³-hybridized carbons (Fsp3) is 0.270. The summed E-state index contributed by atoms with van der Waals surface area (Å²) in [5, 5.41) is 0. The van der Waals surface area contributed by atoms with E-state index >= 15 is 0 Å². The van der Waals surface area contributed by atoms with Crippen molar-refractivity contribution in [3.05, 3.63) is 241 Å². The van der Waals surface area contributed by atoms with Crippen LogP contribution in [0.3, 0.4) is 0 Å². The molecule has 9 aromatic rings. The highest BCUT2D eigenvalue weighted by atomic mass is 32.3. The molecule has 0 N–H and O–H groups in total. The molecule has 0 saturated heterocycles. The van der Waals surface area contributed by atoms with Crippen molar-refractivity contribution in [2.75, 3.05) is 20.5 Å². The van der Waals surface area contributed by atoms with Crippen LogP contribution in [-0.2, 0) is 80.2 Å². The van der Waals surface area contributed by atoms with E-state index in [2.05, 4.69) is 0 Å². The maximum atomic E-state index is 14.8. The number of rotatable bonds is 34. The number of nitrogens with zero attached hydrogens (tertiary/aromatic N) is 4. The number of hydrogen-bond donors (Lipinski definition) is 0. The minimum atomic E-state index is -4.96. The predicted octanol–water partition coefficient (Wildman–Crippen LogP) is 14.9. The minimum Gasteiger partial charge on any atom is -0.206 e. The first-order valence-corrected chi connectivity index (χ1v) is 44.7. The van der Waals surface area contributed by atoms with Crippen LogP contribution in [-0.4, -0.2) is 87.9 Å². The van der Waals surface area contributed by atoms with Crippen LogP contribution in [0.5, 0.6) is 0 Å². The highest BCUT2D eigenvalue weighted by molar-refractivity contribution is 8.11. The molecule has 542 valence electrons. The van der Waals surface area contributed by atoms with Crippen molar-refractivity contribution in [2.45, 2.75) is 158 Å². The molecule has 0 spiro atoms. The summed E-state index contributed by atoms with van der Waals surface area (Å²) in [6, 6.07) is 48.0. The van der Waals surface area contributed by atoms with E-state index in [0.29, 0.717) is 77.6 Å². The lowest BCUT2D eigenvalue weighted by atomic mass is 10.0. The van der Waals surface area contributed by atoms with Gasteiger partial charge in [-0.3, -0.25) is 0 Å². The number of hydrogen-bond acceptors (Lipinski definition) is 16. The van der Waals surface area contributed by atoms with Gasteiger partial charge in [0.15, 0.2) is 0 Å². The normalized spacial score (nSPS) is 12.8. The van der Waals surface area contributed by atoms with Gasteiger partial charge in [0.1, 0.15) is 0 Å². The zero-order chi connectivity index (χ0) is 74.1. The molecule has 0 bridgehead atoms. The average molecular weight is 1540 g/mol. The van der Waals surface area contributed by atoms with Crippen LogP contribution in [0, 0.1) is 27.7 Å². The minimum absolute atomic E-state index is 0.165. The van der Waals surface area contributed by atoms with Crippen molar-refractivity contribution >= 4 is 91.6 Å². The van der Waals surface area contributed by atoms with Crippen LogP contribution >= 0.6 is 0 Å². The van der Waals surface area contributed by atoms with Gasteiger partial charge in [-0.2, -0.15) is 7.42 Å². The van der Waals surface area contributed by atoms with Crippen LogP contribution in [0.15, 0.2) is 258 Å². The second-order valence-corrected chi connectivity index (χ2v) is 40.3. The number of aryl methyl sites for hydroxylation is 4. The summed E-state index contributed by atoms with van der Waals surface area (Å²) >= 11 is 0. The molecule has 0 heterocycles. The van der Waals surface area contributed by atoms with Gasteiger partial charge in [-0.25, -0.2) is 67.3 Å². The number of unbranched alkanes of at least 4 members (excludes halogenated alkanes) is 10. The predicted molar refractivity (Wildman–Crippen MR) is 398 cm³/mol. The van der Waals surface area contributed by atoms with E-state index in [4.69, 9.17) is 0 Å². The van der Waals surface area contributed by atoms with Gasteiger partial charge in [0.05, 0.1) is 50.5 Å². The highest BCUT2D eigenvalue weighted by Gasteiger charge is 2.42. The third kappa shape index (κ3) is 17.3. The molecule has 0 aliphatic heterocycles. The first-order chi connectivity index (χ1) is 48.2. The van der Waals surface area contributed by atoms with Crippen LogP contribution in [0.1, 0.15) is 113 Å². The molecule has 0 aliphatic rings. The van der Waals surface area contributed by atoms with Crippen molar-refractivity contribution in [2.24, 2.45) is 0 Å². The molecule has 0 saturated carbocycles. The molecule has 0 aliphatic carbocycles. The standard InChI is InChI=1S/C74H82N4O16S8/c1-7-9-11-13-15-17-55-75(97(83,84)69-51-35-65(36-52-69)77(99(87,88)71-39-19-57(3)20-40-71)100(89,90)72-41-21-58(4)22-42-72)95(79,80)67-47-31-63(32-48-67)61-27-29-62(30-28-61)64-33-49-68(50-34-64)96(81,82)76(56-18-16-14-12-10-8-2)98(85,86)70-53-37-66(38-54-70)78(101(91,92)73-43-23-59(5)24-44-73)102(93,94)74-45-25-60(6)26-46-74/h19-54H,7-18,55-56H2,1-6H3. The van der Waals surface area contributed by atoms with E-state index in [1.165, 1.54) is 146 Å². The maximum absolute atomic E-state index is 14.8. The molecule has 0 unspecified atom stereocenters. The van der Waals surface area contributed by atoms with E-state index in [9.17, 15) is 67.3 Å². The van der Waals surface area contributed by atoms with E-state index in [1.54, 1.807) is 52.0 Å². The Kier molecular flexibility index (Phi) is 24.9. The van der Waals surface area contributed by atoms with Crippen LogP contribution in [0.4, 0.5) is 11.4 Å². The number of benzene rings is 9. The van der Waals surface area contributed by atoms with Crippen LogP contribution in [0.2, 0.25) is 0 Å².